The van der Waals surface area contributed by atoms with E-state index < -0.39 is 10.8 Å². The maximum atomic E-state index is 10.5. The van der Waals surface area contributed by atoms with Crippen LogP contribution in [0.3, 0.4) is 0 Å². The topological polar surface area (TPSA) is 227 Å². The normalized spacial score (nSPS) is 18.2. The van der Waals surface area contributed by atoms with Gasteiger partial charge in [0.2, 0.25) is 0 Å². The SMILES string of the molecule is CCC(CO)(CO)CO.CCC(CO)(CO)CO.O=C1CCCCCO1.O=C1CCCCCO1.O=C1CCCCCO1.O=C1CCCCCO1. The van der Waals surface area contributed by atoms with Crippen molar-refractivity contribution >= 4 is 23.9 Å². The van der Waals surface area contributed by atoms with Crippen molar-refractivity contribution in [2.45, 2.75) is 129 Å². The van der Waals surface area contributed by atoms with Crippen molar-refractivity contribution in [1.29, 1.82) is 0 Å². The fourth-order valence-corrected chi connectivity index (χ4v) is 4.20. The zero-order valence-corrected chi connectivity index (χ0v) is 30.7. The summed E-state index contributed by atoms with van der Waals surface area (Å²) in [5.74, 6) is -0.102. The van der Waals surface area contributed by atoms with Crippen molar-refractivity contribution in [2.24, 2.45) is 10.8 Å². The molecule has 0 aromatic heterocycles. The van der Waals surface area contributed by atoms with Crippen molar-refractivity contribution < 1.29 is 68.8 Å². The molecule has 0 unspecified atom stereocenters. The summed E-state index contributed by atoms with van der Waals surface area (Å²) in [7, 11) is 0. The molecule has 14 nitrogen and oxygen atoms in total. The Balaban J connectivity index is 0. The van der Waals surface area contributed by atoms with Gasteiger partial charge in [-0.05, 0) is 89.9 Å². The molecule has 296 valence electrons. The largest absolute Gasteiger partial charge is 0.466 e. The maximum Gasteiger partial charge on any atom is 0.305 e. The summed E-state index contributed by atoms with van der Waals surface area (Å²) < 4.78 is 19.1. The predicted octanol–water partition coefficient (Wildman–Crippen LogP) is 3.13. The average molecular weight is 725 g/mol. The van der Waals surface area contributed by atoms with Gasteiger partial charge in [-0.3, -0.25) is 19.2 Å². The second-order valence-corrected chi connectivity index (χ2v) is 12.8. The number of hydrogen-bond acceptors (Lipinski definition) is 14. The third-order valence-electron chi connectivity index (χ3n) is 8.67. The van der Waals surface area contributed by atoms with Gasteiger partial charge in [-0.25, -0.2) is 0 Å². The lowest BCUT2D eigenvalue weighted by Gasteiger charge is -2.24. The Hall–Kier alpha value is -2.36. The van der Waals surface area contributed by atoms with E-state index in [1.807, 2.05) is 13.8 Å². The molecular formula is C36H68O14. The van der Waals surface area contributed by atoms with Crippen LogP contribution in [0, 0.1) is 10.8 Å². The van der Waals surface area contributed by atoms with E-state index in [1.165, 1.54) is 0 Å². The van der Waals surface area contributed by atoms with Crippen LogP contribution in [0.4, 0.5) is 0 Å². The molecule has 0 aromatic carbocycles. The van der Waals surface area contributed by atoms with Gasteiger partial charge in [0.15, 0.2) is 0 Å². The predicted molar refractivity (Wildman–Crippen MR) is 186 cm³/mol. The second kappa shape index (κ2) is 33.8. The van der Waals surface area contributed by atoms with Gasteiger partial charge in [0.05, 0.1) is 66.1 Å². The van der Waals surface area contributed by atoms with Gasteiger partial charge in [-0.2, -0.15) is 0 Å². The van der Waals surface area contributed by atoms with Gasteiger partial charge in [0, 0.05) is 36.5 Å². The quantitative estimate of drug-likeness (QED) is 0.156. The van der Waals surface area contributed by atoms with Crippen molar-refractivity contribution in [3.63, 3.8) is 0 Å². The van der Waals surface area contributed by atoms with Crippen LogP contribution in [-0.2, 0) is 38.1 Å². The van der Waals surface area contributed by atoms with Crippen LogP contribution in [0.5, 0.6) is 0 Å². The molecule has 50 heavy (non-hydrogen) atoms. The first-order valence-electron chi connectivity index (χ1n) is 18.3. The van der Waals surface area contributed by atoms with E-state index in [9.17, 15) is 19.2 Å². The van der Waals surface area contributed by atoms with E-state index >= 15 is 0 Å². The molecule has 0 saturated carbocycles. The van der Waals surface area contributed by atoms with E-state index in [-0.39, 0.29) is 63.5 Å². The summed E-state index contributed by atoms with van der Waals surface area (Å²) in [6.45, 7) is 5.26. The molecule has 0 aromatic rings. The minimum atomic E-state index is -0.667. The van der Waals surface area contributed by atoms with Crippen LogP contribution >= 0.6 is 0 Å². The van der Waals surface area contributed by atoms with E-state index in [1.54, 1.807) is 0 Å². The van der Waals surface area contributed by atoms with E-state index in [0.717, 1.165) is 77.0 Å². The Morgan fingerprint density at radius 1 is 0.380 bits per heavy atom. The molecule has 14 heteroatoms. The Morgan fingerprint density at radius 3 is 0.720 bits per heavy atom. The molecule has 0 spiro atoms. The lowest BCUT2D eigenvalue weighted by atomic mass is 9.88. The van der Waals surface area contributed by atoms with Crippen LogP contribution < -0.4 is 0 Å². The number of carbonyl (C=O) groups excluding carboxylic acids is 4. The van der Waals surface area contributed by atoms with Crippen LogP contribution in [0.2, 0.25) is 0 Å². The highest BCUT2D eigenvalue weighted by Crippen LogP contribution is 2.19. The number of cyclic esters (lactones) is 4. The first-order valence-corrected chi connectivity index (χ1v) is 18.3. The molecule has 4 aliphatic rings. The van der Waals surface area contributed by atoms with Gasteiger partial charge in [-0.1, -0.05) is 13.8 Å². The van der Waals surface area contributed by atoms with E-state index in [2.05, 4.69) is 0 Å². The van der Waals surface area contributed by atoms with Gasteiger partial charge in [0.1, 0.15) is 0 Å². The van der Waals surface area contributed by atoms with Crippen molar-refractivity contribution in [2.75, 3.05) is 66.1 Å². The standard InChI is InChI=1S/2C6H14O3.4C6H10O2/c2*1-2-6(3-7,4-8)5-9;4*7-6-4-2-1-3-5-8-6/h2*7-9H,2-5H2,1H3;4*1-5H2. The molecule has 0 radical (unpaired) electrons. The summed E-state index contributed by atoms with van der Waals surface area (Å²) >= 11 is 0. The molecule has 0 atom stereocenters. The summed E-state index contributed by atoms with van der Waals surface area (Å²) in [4.78, 5) is 41.8. The molecule has 4 heterocycles. The minimum absolute atomic E-state index is 0.0255. The lowest BCUT2D eigenvalue weighted by molar-refractivity contribution is -0.143. The number of esters is 4. The van der Waals surface area contributed by atoms with E-state index in [4.69, 9.17) is 49.6 Å². The second-order valence-electron chi connectivity index (χ2n) is 12.8. The minimum Gasteiger partial charge on any atom is -0.466 e. The van der Waals surface area contributed by atoms with E-state index in [0.29, 0.717) is 65.0 Å². The highest BCUT2D eigenvalue weighted by Gasteiger charge is 2.25. The molecule has 4 saturated heterocycles. The Morgan fingerprint density at radius 2 is 0.580 bits per heavy atom. The van der Waals surface area contributed by atoms with Crippen molar-refractivity contribution in [3.05, 3.63) is 0 Å². The number of carbonyl (C=O) groups is 4. The summed E-state index contributed by atoms with van der Waals surface area (Å²) in [5.41, 5.74) is -1.33. The van der Waals surface area contributed by atoms with Gasteiger partial charge in [-0.15, -0.1) is 0 Å². The molecule has 0 bridgehead atoms. The van der Waals surface area contributed by atoms with Crippen LogP contribution in [0.1, 0.15) is 129 Å². The smallest absolute Gasteiger partial charge is 0.305 e. The first kappa shape index (κ1) is 49.8. The molecule has 0 amide bonds. The highest BCUT2D eigenvalue weighted by molar-refractivity contribution is 5.70. The third-order valence-corrected chi connectivity index (χ3v) is 8.67. The van der Waals surface area contributed by atoms with Crippen molar-refractivity contribution in [1.82, 2.24) is 0 Å². The van der Waals surface area contributed by atoms with Gasteiger partial charge >= 0.3 is 23.9 Å². The zero-order chi connectivity index (χ0) is 37.9. The number of aliphatic hydroxyl groups is 6. The van der Waals surface area contributed by atoms with Crippen LogP contribution in [-0.4, -0.2) is 121 Å². The number of aliphatic hydroxyl groups excluding tert-OH is 6. The third kappa shape index (κ3) is 27.4. The highest BCUT2D eigenvalue weighted by atomic mass is 16.5. The molecule has 4 rings (SSSR count). The molecule has 6 N–H and O–H groups in total. The van der Waals surface area contributed by atoms with Gasteiger partial charge < -0.3 is 49.6 Å². The average Bonchev–Trinajstić information content (AvgIpc) is 3.73. The summed E-state index contributed by atoms with van der Waals surface area (Å²) in [5, 5.41) is 51.9. The molecular weight excluding hydrogens is 656 g/mol. The monoisotopic (exact) mass is 724 g/mol. The van der Waals surface area contributed by atoms with Crippen LogP contribution in [0.25, 0.3) is 0 Å². The first-order chi connectivity index (χ1) is 24.1. The molecule has 4 aliphatic heterocycles. The molecule has 4 fully saturated rings. The lowest BCUT2D eigenvalue weighted by Crippen LogP contribution is -2.32. The fraction of sp³-hybridized carbons (Fsp3) is 0.889. The Labute approximate surface area is 298 Å². The Kier molecular flexibility index (Phi) is 33.6. The number of rotatable bonds is 8. The summed E-state index contributed by atoms with van der Waals surface area (Å²) in [6.07, 6.45) is 16.5. The zero-order valence-electron chi connectivity index (χ0n) is 30.7. The van der Waals surface area contributed by atoms with Crippen molar-refractivity contribution in [3.8, 4) is 0 Å². The molecule has 0 aliphatic carbocycles. The Bertz CT molecular complexity index is 652. The van der Waals surface area contributed by atoms with Gasteiger partial charge in [0.25, 0.3) is 0 Å². The number of ether oxygens (including phenoxy) is 4. The fourth-order valence-electron chi connectivity index (χ4n) is 4.20. The number of hydrogen-bond donors (Lipinski definition) is 6. The summed E-state index contributed by atoms with van der Waals surface area (Å²) in [6, 6.07) is 0. The van der Waals surface area contributed by atoms with Crippen LogP contribution in [0.15, 0.2) is 0 Å². The maximum absolute atomic E-state index is 10.5.